The summed E-state index contributed by atoms with van der Waals surface area (Å²) in [6, 6.07) is 6.75. The van der Waals surface area contributed by atoms with Crippen molar-refractivity contribution in [1.82, 2.24) is 10.6 Å². The van der Waals surface area contributed by atoms with Crippen LogP contribution in [0.5, 0.6) is 0 Å². The van der Waals surface area contributed by atoms with Crippen molar-refractivity contribution in [2.75, 3.05) is 25.1 Å². The Bertz CT molecular complexity index is 499. The maximum Gasteiger partial charge on any atom is 0.251 e. The lowest BCUT2D eigenvalue weighted by Gasteiger charge is -2.11. The summed E-state index contributed by atoms with van der Waals surface area (Å²) < 4.78 is 0.867. The van der Waals surface area contributed by atoms with Gasteiger partial charge in [0.15, 0.2) is 0 Å². The van der Waals surface area contributed by atoms with E-state index in [0.29, 0.717) is 31.5 Å². The lowest BCUT2D eigenvalue weighted by molar-refractivity contribution is -0.122. The molecule has 0 spiro atoms. The Morgan fingerprint density at radius 2 is 2.05 bits per heavy atom. The number of halogens is 1. The number of carbonyl (C=O) groups is 2. The molecule has 22 heavy (non-hydrogen) atoms. The second-order valence-electron chi connectivity index (χ2n) is 4.80. The van der Waals surface area contributed by atoms with E-state index in [2.05, 4.69) is 26.6 Å². The zero-order chi connectivity index (χ0) is 16.4. The molecule has 0 bridgehead atoms. The van der Waals surface area contributed by atoms with Gasteiger partial charge in [-0.05, 0) is 43.0 Å². The molecule has 0 radical (unpaired) electrons. The number of thioether (sulfide) groups is 1. The number of nitrogens with two attached hydrogens (primary N) is 1. The largest absolute Gasteiger partial charge is 0.355 e. The predicted molar refractivity (Wildman–Crippen MR) is 95.1 cm³/mol. The monoisotopic (exact) mass is 387 g/mol. The minimum Gasteiger partial charge on any atom is -0.355 e. The highest BCUT2D eigenvalue weighted by Gasteiger charge is 2.11. The number of benzene rings is 1. The summed E-state index contributed by atoms with van der Waals surface area (Å²) in [5.74, 6) is 0.619. The van der Waals surface area contributed by atoms with Crippen molar-refractivity contribution in [2.45, 2.75) is 18.9 Å². The van der Waals surface area contributed by atoms with E-state index in [0.717, 1.165) is 10.2 Å². The summed E-state index contributed by atoms with van der Waals surface area (Å²) in [5.41, 5.74) is 6.37. The standard InChI is InChI=1S/C15H22BrN3O2S/c1-22-9-6-13(17)15(21)19-8-3-7-18-14(20)11-4-2-5-12(16)10-11/h2,4-5,10,13H,3,6-9,17H2,1H3,(H,18,20)(H,19,21)/t13-/m0/s1. The Kier molecular flexibility index (Phi) is 9.19. The van der Waals surface area contributed by atoms with Crippen molar-refractivity contribution in [1.29, 1.82) is 0 Å². The first-order valence-electron chi connectivity index (χ1n) is 7.10. The van der Waals surface area contributed by atoms with E-state index in [1.807, 2.05) is 18.4 Å². The van der Waals surface area contributed by atoms with Crippen LogP contribution in [0.2, 0.25) is 0 Å². The molecule has 0 fully saturated rings. The van der Waals surface area contributed by atoms with Gasteiger partial charge in [0.2, 0.25) is 5.91 Å². The minimum atomic E-state index is -0.455. The lowest BCUT2D eigenvalue weighted by Crippen LogP contribution is -2.41. The van der Waals surface area contributed by atoms with Gasteiger partial charge >= 0.3 is 0 Å². The smallest absolute Gasteiger partial charge is 0.251 e. The zero-order valence-electron chi connectivity index (χ0n) is 12.6. The van der Waals surface area contributed by atoms with E-state index in [1.54, 1.807) is 23.9 Å². The second kappa shape index (κ2) is 10.6. The summed E-state index contributed by atoms with van der Waals surface area (Å²) in [7, 11) is 0. The molecule has 0 aliphatic heterocycles. The van der Waals surface area contributed by atoms with Crippen LogP contribution in [0.3, 0.4) is 0 Å². The van der Waals surface area contributed by atoms with Gasteiger partial charge in [-0.25, -0.2) is 0 Å². The summed E-state index contributed by atoms with van der Waals surface area (Å²) in [6.07, 6.45) is 3.33. The van der Waals surface area contributed by atoms with Crippen molar-refractivity contribution in [3.8, 4) is 0 Å². The van der Waals surface area contributed by atoms with Crippen molar-refractivity contribution < 1.29 is 9.59 Å². The van der Waals surface area contributed by atoms with Crippen LogP contribution >= 0.6 is 27.7 Å². The van der Waals surface area contributed by atoms with Crippen LogP contribution < -0.4 is 16.4 Å². The Balaban J connectivity index is 2.17. The van der Waals surface area contributed by atoms with Gasteiger partial charge in [-0.3, -0.25) is 9.59 Å². The maximum atomic E-state index is 11.9. The Hall–Kier alpha value is -1.05. The van der Waals surface area contributed by atoms with Gasteiger partial charge in [-0.15, -0.1) is 0 Å². The van der Waals surface area contributed by atoms with Gasteiger partial charge in [-0.2, -0.15) is 11.8 Å². The Morgan fingerprint density at radius 3 is 2.73 bits per heavy atom. The fraction of sp³-hybridized carbons (Fsp3) is 0.467. The molecule has 0 aliphatic rings. The average Bonchev–Trinajstić information content (AvgIpc) is 2.51. The van der Waals surface area contributed by atoms with E-state index >= 15 is 0 Å². The van der Waals surface area contributed by atoms with Gasteiger partial charge in [0.1, 0.15) is 0 Å². The van der Waals surface area contributed by atoms with E-state index in [1.165, 1.54) is 0 Å². The number of hydrogen-bond donors (Lipinski definition) is 3. The van der Waals surface area contributed by atoms with Crippen LogP contribution in [0.15, 0.2) is 28.7 Å². The number of hydrogen-bond acceptors (Lipinski definition) is 4. The first kappa shape index (κ1) is 19.0. The minimum absolute atomic E-state index is 0.121. The van der Waals surface area contributed by atoms with Crippen LogP contribution in [0.4, 0.5) is 0 Å². The molecule has 1 aromatic rings. The zero-order valence-corrected chi connectivity index (χ0v) is 15.0. The Morgan fingerprint density at radius 1 is 1.32 bits per heavy atom. The van der Waals surface area contributed by atoms with Crippen LogP contribution in [0.1, 0.15) is 23.2 Å². The van der Waals surface area contributed by atoms with Crippen LogP contribution in [-0.4, -0.2) is 43.0 Å². The van der Waals surface area contributed by atoms with Gasteiger partial charge < -0.3 is 16.4 Å². The first-order valence-corrected chi connectivity index (χ1v) is 9.29. The molecule has 0 aromatic heterocycles. The molecular formula is C15H22BrN3O2S. The molecule has 1 atom stereocenters. The molecule has 0 heterocycles. The number of nitrogens with one attached hydrogen (secondary N) is 2. The first-order chi connectivity index (χ1) is 10.5. The topological polar surface area (TPSA) is 84.2 Å². The molecule has 1 rings (SSSR count). The third kappa shape index (κ3) is 7.29. The van der Waals surface area contributed by atoms with Crippen LogP contribution in [0, 0.1) is 0 Å². The van der Waals surface area contributed by atoms with Gasteiger partial charge in [-0.1, -0.05) is 22.0 Å². The van der Waals surface area contributed by atoms with E-state index in [4.69, 9.17) is 5.73 Å². The predicted octanol–water partition coefficient (Wildman–Crippen LogP) is 1.77. The number of carbonyl (C=O) groups excluding carboxylic acids is 2. The summed E-state index contributed by atoms with van der Waals surface area (Å²) >= 11 is 5.00. The molecular weight excluding hydrogens is 366 g/mol. The summed E-state index contributed by atoms with van der Waals surface area (Å²) in [6.45, 7) is 1.01. The van der Waals surface area contributed by atoms with Crippen molar-refractivity contribution >= 4 is 39.5 Å². The van der Waals surface area contributed by atoms with Gasteiger partial charge in [0.05, 0.1) is 6.04 Å². The van der Waals surface area contributed by atoms with Crippen LogP contribution in [-0.2, 0) is 4.79 Å². The molecule has 0 saturated heterocycles. The lowest BCUT2D eigenvalue weighted by atomic mass is 10.2. The molecule has 0 aliphatic carbocycles. The normalized spacial score (nSPS) is 11.8. The average molecular weight is 388 g/mol. The molecule has 5 nitrogen and oxygen atoms in total. The quantitative estimate of drug-likeness (QED) is 0.563. The summed E-state index contributed by atoms with van der Waals surface area (Å²) in [5, 5.41) is 5.60. The molecule has 7 heteroatoms. The van der Waals surface area contributed by atoms with Crippen molar-refractivity contribution in [2.24, 2.45) is 5.73 Å². The SMILES string of the molecule is CSCC[C@H](N)C(=O)NCCCNC(=O)c1cccc(Br)c1. The van der Waals surface area contributed by atoms with Crippen molar-refractivity contribution in [3.05, 3.63) is 34.3 Å². The highest BCUT2D eigenvalue weighted by atomic mass is 79.9. The fourth-order valence-corrected chi connectivity index (χ4v) is 2.63. The summed E-state index contributed by atoms with van der Waals surface area (Å²) in [4.78, 5) is 23.5. The Labute approximate surface area is 143 Å². The second-order valence-corrected chi connectivity index (χ2v) is 6.70. The molecule has 0 saturated carbocycles. The highest BCUT2D eigenvalue weighted by Crippen LogP contribution is 2.11. The number of rotatable bonds is 9. The van der Waals surface area contributed by atoms with E-state index < -0.39 is 6.04 Å². The maximum absolute atomic E-state index is 11.9. The molecule has 4 N–H and O–H groups in total. The van der Waals surface area contributed by atoms with E-state index in [-0.39, 0.29) is 11.8 Å². The fourth-order valence-electron chi connectivity index (χ4n) is 1.74. The third-order valence-electron chi connectivity index (χ3n) is 2.99. The van der Waals surface area contributed by atoms with Gasteiger partial charge in [0, 0.05) is 23.1 Å². The number of amides is 2. The molecule has 0 unspecified atom stereocenters. The molecule has 122 valence electrons. The van der Waals surface area contributed by atoms with E-state index in [9.17, 15) is 9.59 Å². The van der Waals surface area contributed by atoms with Gasteiger partial charge in [0.25, 0.3) is 5.91 Å². The molecule has 2 amide bonds. The third-order valence-corrected chi connectivity index (χ3v) is 4.13. The molecule has 1 aromatic carbocycles. The van der Waals surface area contributed by atoms with Crippen LogP contribution in [0.25, 0.3) is 0 Å². The van der Waals surface area contributed by atoms with Crippen molar-refractivity contribution in [3.63, 3.8) is 0 Å². The highest BCUT2D eigenvalue weighted by molar-refractivity contribution is 9.10.